The van der Waals surface area contributed by atoms with Crippen LogP contribution in [0.3, 0.4) is 0 Å². The third-order valence-electron chi connectivity index (χ3n) is 5.49. The first-order chi connectivity index (χ1) is 15.5. The highest BCUT2D eigenvalue weighted by Crippen LogP contribution is 2.33. The van der Waals surface area contributed by atoms with Crippen LogP contribution < -0.4 is 4.74 Å². The summed E-state index contributed by atoms with van der Waals surface area (Å²) in [6, 6.07) is 6.69. The number of carbonyl (C=O) groups is 1. The molecule has 32 heavy (non-hydrogen) atoms. The fraction of sp³-hybridized carbons (Fsp3) is 0.348. The second kappa shape index (κ2) is 9.86. The molecule has 1 saturated heterocycles. The molecule has 2 aromatic heterocycles. The summed E-state index contributed by atoms with van der Waals surface area (Å²) < 4.78 is 37.5. The predicted octanol–water partition coefficient (Wildman–Crippen LogP) is 3.90. The Bertz CT molecular complexity index is 1060. The van der Waals surface area contributed by atoms with E-state index in [1.165, 1.54) is 6.07 Å². The van der Waals surface area contributed by atoms with E-state index in [0.29, 0.717) is 25.2 Å². The number of hydrogen-bond donors (Lipinski definition) is 1. The van der Waals surface area contributed by atoms with Gasteiger partial charge in [0.15, 0.2) is 11.6 Å². The second-order valence-electron chi connectivity index (χ2n) is 7.61. The highest BCUT2D eigenvalue weighted by Gasteiger charge is 2.37. The van der Waals surface area contributed by atoms with Crippen molar-refractivity contribution in [1.29, 1.82) is 0 Å². The Labute approximate surface area is 184 Å². The fourth-order valence-electron chi connectivity index (χ4n) is 3.82. The zero-order chi connectivity index (χ0) is 22.5. The lowest BCUT2D eigenvalue weighted by atomic mass is 10.1. The summed E-state index contributed by atoms with van der Waals surface area (Å²) in [6.45, 7) is 0.614. The van der Waals surface area contributed by atoms with Gasteiger partial charge in [0, 0.05) is 50.5 Å². The van der Waals surface area contributed by atoms with E-state index in [-0.39, 0.29) is 36.8 Å². The molecule has 2 atom stereocenters. The quantitative estimate of drug-likeness (QED) is 0.536. The summed E-state index contributed by atoms with van der Waals surface area (Å²) in [7, 11) is 1.63. The molecule has 7 nitrogen and oxygen atoms in total. The van der Waals surface area contributed by atoms with Crippen molar-refractivity contribution >= 4 is 5.91 Å². The second-order valence-corrected chi connectivity index (χ2v) is 7.61. The van der Waals surface area contributed by atoms with Gasteiger partial charge in [0.2, 0.25) is 5.91 Å². The molecule has 1 aliphatic rings. The molecule has 0 bridgehead atoms. The van der Waals surface area contributed by atoms with Crippen LogP contribution in [0.1, 0.15) is 31.1 Å². The number of methoxy groups -OCH3 is 1. The lowest BCUT2D eigenvalue weighted by Crippen LogP contribution is -2.32. The molecule has 1 fully saturated rings. The van der Waals surface area contributed by atoms with E-state index in [4.69, 9.17) is 9.47 Å². The number of nitrogens with zero attached hydrogens (tertiary/aromatic N) is 3. The van der Waals surface area contributed by atoms with Crippen molar-refractivity contribution < 1.29 is 23.0 Å². The predicted molar refractivity (Wildman–Crippen MR) is 113 cm³/mol. The minimum absolute atomic E-state index is 0.0316. The molecule has 0 aliphatic carbocycles. The van der Waals surface area contributed by atoms with Gasteiger partial charge in [-0.3, -0.25) is 9.78 Å². The van der Waals surface area contributed by atoms with Crippen LogP contribution >= 0.6 is 0 Å². The molecule has 0 spiro atoms. The highest BCUT2D eigenvalue weighted by atomic mass is 19.1. The lowest BCUT2D eigenvalue weighted by molar-refractivity contribution is -0.132. The Kier molecular flexibility index (Phi) is 6.75. The topological polar surface area (TPSA) is 80.3 Å². The van der Waals surface area contributed by atoms with Crippen LogP contribution in [-0.2, 0) is 9.53 Å². The van der Waals surface area contributed by atoms with Crippen LogP contribution in [0.4, 0.5) is 8.78 Å². The molecule has 4 rings (SSSR count). The van der Waals surface area contributed by atoms with Crippen molar-refractivity contribution in [3.05, 3.63) is 66.4 Å². The number of carbonyl (C=O) groups excluding carboxylic acids is 1. The number of amides is 1. The minimum atomic E-state index is -0.763. The van der Waals surface area contributed by atoms with Gasteiger partial charge >= 0.3 is 0 Å². The number of aromatic amines is 1. The van der Waals surface area contributed by atoms with Gasteiger partial charge in [-0.25, -0.2) is 13.8 Å². The molecular weight excluding hydrogens is 418 g/mol. The molecule has 0 radical (unpaired) electrons. The molecule has 3 aromatic rings. The molecule has 1 amide bonds. The van der Waals surface area contributed by atoms with E-state index in [1.807, 2.05) is 12.1 Å². The van der Waals surface area contributed by atoms with Gasteiger partial charge in [-0.05, 0) is 30.7 Å². The summed E-state index contributed by atoms with van der Waals surface area (Å²) in [5.41, 5.74) is 1.74. The first kappa shape index (κ1) is 21.9. The van der Waals surface area contributed by atoms with Crippen molar-refractivity contribution in [3.8, 4) is 17.0 Å². The number of ether oxygens (including phenoxy) is 2. The maximum absolute atomic E-state index is 13.7. The monoisotopic (exact) mass is 442 g/mol. The van der Waals surface area contributed by atoms with Crippen LogP contribution in [0.2, 0.25) is 0 Å². The molecule has 9 heteroatoms. The number of imidazole rings is 1. The molecular formula is C23H24F2N4O3. The average molecular weight is 442 g/mol. The molecule has 1 N–H and O–H groups in total. The number of likely N-dealkylation sites (tertiary alicyclic amines) is 1. The molecule has 1 aliphatic heterocycles. The number of H-pyrrole nitrogens is 1. The van der Waals surface area contributed by atoms with E-state index in [2.05, 4.69) is 15.0 Å². The molecule has 0 saturated carbocycles. The van der Waals surface area contributed by atoms with Gasteiger partial charge in [-0.15, -0.1) is 0 Å². The van der Waals surface area contributed by atoms with Crippen LogP contribution in [0.25, 0.3) is 11.3 Å². The number of aromatic nitrogens is 3. The van der Waals surface area contributed by atoms with Crippen molar-refractivity contribution in [2.24, 2.45) is 0 Å². The van der Waals surface area contributed by atoms with E-state index in [0.717, 1.165) is 23.4 Å². The van der Waals surface area contributed by atoms with Gasteiger partial charge in [-0.2, -0.15) is 0 Å². The summed E-state index contributed by atoms with van der Waals surface area (Å²) in [5.74, 6) is -0.821. The Morgan fingerprint density at radius 3 is 2.91 bits per heavy atom. The summed E-state index contributed by atoms with van der Waals surface area (Å²) in [5, 5.41) is 0. The zero-order valence-electron chi connectivity index (χ0n) is 17.6. The smallest absolute Gasteiger partial charge is 0.223 e. The maximum Gasteiger partial charge on any atom is 0.223 e. The first-order valence-corrected chi connectivity index (χ1v) is 10.4. The third kappa shape index (κ3) is 4.94. The van der Waals surface area contributed by atoms with Crippen LogP contribution in [0, 0.1) is 11.6 Å². The third-order valence-corrected chi connectivity index (χ3v) is 5.49. The van der Waals surface area contributed by atoms with E-state index in [1.54, 1.807) is 30.6 Å². The maximum atomic E-state index is 13.7. The normalized spacial score (nSPS) is 18.2. The molecule has 2 unspecified atom stereocenters. The molecule has 168 valence electrons. The summed E-state index contributed by atoms with van der Waals surface area (Å²) in [4.78, 5) is 26.6. The number of benzene rings is 1. The van der Waals surface area contributed by atoms with Gasteiger partial charge in [0.1, 0.15) is 11.6 Å². The van der Waals surface area contributed by atoms with E-state index >= 15 is 0 Å². The lowest BCUT2D eigenvalue weighted by Gasteiger charge is -2.23. The number of rotatable bonds is 8. The number of halogens is 2. The Morgan fingerprint density at radius 2 is 2.16 bits per heavy atom. The fourth-order valence-corrected chi connectivity index (χ4v) is 3.82. The minimum Gasteiger partial charge on any atom is -0.491 e. The SMILES string of the molecule is COC1CC(c2ncc(-c3cccnc3)[nH]2)N(C(=O)CCCOc2ccc(F)cc2F)C1. The van der Waals surface area contributed by atoms with Crippen LogP contribution in [0.5, 0.6) is 5.75 Å². The van der Waals surface area contributed by atoms with E-state index in [9.17, 15) is 13.6 Å². The van der Waals surface area contributed by atoms with Gasteiger partial charge in [0.25, 0.3) is 0 Å². The standard InChI is InChI=1S/C23H24F2N4O3/c1-31-17-11-20(23-27-13-19(28-23)15-4-2-8-26-12-15)29(14-17)22(30)5-3-9-32-21-7-6-16(24)10-18(21)25/h2,4,6-8,10,12-13,17,20H,3,5,9,11,14H2,1H3,(H,27,28). The van der Waals surface area contributed by atoms with Crippen LogP contribution in [-0.4, -0.2) is 52.1 Å². The van der Waals surface area contributed by atoms with Crippen molar-refractivity contribution in [2.45, 2.75) is 31.4 Å². The van der Waals surface area contributed by atoms with Crippen molar-refractivity contribution in [2.75, 3.05) is 20.3 Å². The van der Waals surface area contributed by atoms with Gasteiger partial charge in [0.05, 0.1) is 30.6 Å². The van der Waals surface area contributed by atoms with Crippen molar-refractivity contribution in [1.82, 2.24) is 19.9 Å². The largest absolute Gasteiger partial charge is 0.491 e. The highest BCUT2D eigenvalue weighted by molar-refractivity contribution is 5.77. The molecule has 1 aromatic carbocycles. The Hall–Kier alpha value is -3.33. The van der Waals surface area contributed by atoms with Crippen LogP contribution in [0.15, 0.2) is 48.9 Å². The first-order valence-electron chi connectivity index (χ1n) is 10.4. The molecule has 3 heterocycles. The number of pyridine rings is 1. The number of hydrogen-bond acceptors (Lipinski definition) is 5. The zero-order valence-corrected chi connectivity index (χ0v) is 17.6. The Balaban J connectivity index is 1.37. The van der Waals surface area contributed by atoms with Gasteiger partial charge < -0.3 is 19.4 Å². The van der Waals surface area contributed by atoms with Crippen molar-refractivity contribution in [3.63, 3.8) is 0 Å². The van der Waals surface area contributed by atoms with E-state index < -0.39 is 11.6 Å². The number of nitrogens with one attached hydrogen (secondary N) is 1. The average Bonchev–Trinajstić information content (AvgIpc) is 3.45. The van der Waals surface area contributed by atoms with Gasteiger partial charge in [-0.1, -0.05) is 0 Å². The Morgan fingerprint density at radius 1 is 1.28 bits per heavy atom. The summed E-state index contributed by atoms with van der Waals surface area (Å²) in [6.07, 6.45) is 6.37. The summed E-state index contributed by atoms with van der Waals surface area (Å²) >= 11 is 0.